The number of hydrogen-bond acceptors (Lipinski definition) is 5. The number of fused-ring (bicyclic) bond motifs is 1. The van der Waals surface area contributed by atoms with Crippen molar-refractivity contribution in [2.45, 2.75) is 44.9 Å². The Hall–Kier alpha value is -2.74. The number of carbonyl (C=O) groups excluding carboxylic acids is 1. The molecule has 0 saturated heterocycles. The van der Waals surface area contributed by atoms with Crippen LogP contribution in [0.25, 0.3) is 0 Å². The van der Waals surface area contributed by atoms with Crippen LogP contribution in [0.5, 0.6) is 5.88 Å². The van der Waals surface area contributed by atoms with Crippen molar-refractivity contribution in [3.05, 3.63) is 69.2 Å². The van der Waals surface area contributed by atoms with E-state index in [2.05, 4.69) is 38.5 Å². The van der Waals surface area contributed by atoms with Gasteiger partial charge in [-0.25, -0.2) is 14.1 Å². The van der Waals surface area contributed by atoms with E-state index in [1.54, 1.807) is 17.7 Å². The predicted octanol–water partition coefficient (Wildman–Crippen LogP) is 5.00. The first-order chi connectivity index (χ1) is 15.9. The minimum Gasteiger partial charge on any atom is -0.477 e. The second-order valence-electron chi connectivity index (χ2n) is 8.52. The quantitative estimate of drug-likeness (QED) is 0.435. The van der Waals surface area contributed by atoms with E-state index < -0.39 is 0 Å². The standard InChI is InChI=1S/C25H28BrFN4O2/c1-16(32)12-19(18-6-8-22(26)23(27)14-18)13-21-15-24(31(2)30-21)33-11-9-20-7-5-17-4-3-10-28-25(17)29-20/h5-8,14-15,19H,3-4,9-13H2,1-2H3,(H,28,29). The Morgan fingerprint density at radius 1 is 1.27 bits per heavy atom. The summed E-state index contributed by atoms with van der Waals surface area (Å²) in [6.07, 6.45) is 3.76. The van der Waals surface area contributed by atoms with E-state index in [9.17, 15) is 9.18 Å². The Kier molecular flexibility index (Phi) is 7.42. The van der Waals surface area contributed by atoms with Crippen LogP contribution in [-0.2, 0) is 31.1 Å². The normalized spacial score (nSPS) is 13.8. The van der Waals surface area contributed by atoms with Gasteiger partial charge in [0.25, 0.3) is 0 Å². The molecule has 3 heterocycles. The molecule has 2 aromatic heterocycles. The van der Waals surface area contributed by atoms with Crippen LogP contribution in [0.2, 0.25) is 0 Å². The van der Waals surface area contributed by atoms with Gasteiger partial charge in [0.2, 0.25) is 5.88 Å². The number of halogens is 2. The lowest BCUT2D eigenvalue weighted by Crippen LogP contribution is -2.14. The Labute approximate surface area is 201 Å². The van der Waals surface area contributed by atoms with Crippen molar-refractivity contribution in [1.29, 1.82) is 0 Å². The van der Waals surface area contributed by atoms with Gasteiger partial charge in [-0.3, -0.25) is 0 Å². The van der Waals surface area contributed by atoms with Crippen LogP contribution in [0.15, 0.2) is 40.9 Å². The lowest BCUT2D eigenvalue weighted by Gasteiger charge is -2.17. The predicted molar refractivity (Wildman–Crippen MR) is 129 cm³/mol. The zero-order valence-electron chi connectivity index (χ0n) is 18.9. The van der Waals surface area contributed by atoms with Crippen LogP contribution in [0.1, 0.15) is 48.2 Å². The summed E-state index contributed by atoms with van der Waals surface area (Å²) in [5.74, 6) is 1.21. The number of nitrogens with one attached hydrogen (secondary N) is 1. The molecular weight excluding hydrogens is 487 g/mol. The molecule has 0 fully saturated rings. The molecule has 4 rings (SSSR count). The minimum atomic E-state index is -0.336. The average Bonchev–Trinajstić information content (AvgIpc) is 3.13. The molecule has 0 spiro atoms. The molecule has 6 nitrogen and oxygen atoms in total. The van der Waals surface area contributed by atoms with Gasteiger partial charge in [0, 0.05) is 38.2 Å². The van der Waals surface area contributed by atoms with Crippen molar-refractivity contribution in [3.63, 3.8) is 0 Å². The summed E-state index contributed by atoms with van der Waals surface area (Å²) in [6, 6.07) is 11.1. The van der Waals surface area contributed by atoms with Gasteiger partial charge in [0.1, 0.15) is 17.4 Å². The molecule has 0 aliphatic carbocycles. The van der Waals surface area contributed by atoms with Gasteiger partial charge in [0.05, 0.1) is 16.8 Å². The molecule has 1 aromatic carbocycles. The number of rotatable bonds is 9. The number of nitrogens with zero attached hydrogens (tertiary/aromatic N) is 3. The Balaban J connectivity index is 1.40. The van der Waals surface area contributed by atoms with Gasteiger partial charge in [-0.1, -0.05) is 12.1 Å². The van der Waals surface area contributed by atoms with Crippen LogP contribution in [0.4, 0.5) is 10.2 Å². The van der Waals surface area contributed by atoms with Crippen molar-refractivity contribution in [2.75, 3.05) is 18.5 Å². The third kappa shape index (κ3) is 5.99. The molecule has 0 radical (unpaired) electrons. The fraction of sp³-hybridized carbons (Fsp3) is 0.400. The van der Waals surface area contributed by atoms with E-state index in [0.717, 1.165) is 42.2 Å². The number of Topliss-reactive ketones (excluding diaryl/α,β-unsaturated/α-hetero) is 1. The molecule has 1 aliphatic heterocycles. The first-order valence-electron chi connectivity index (χ1n) is 11.2. The third-order valence-electron chi connectivity index (χ3n) is 5.85. The van der Waals surface area contributed by atoms with Crippen LogP contribution in [0, 0.1) is 5.82 Å². The molecule has 1 atom stereocenters. The number of anilines is 1. The number of aryl methyl sites for hydroxylation is 2. The first kappa shape index (κ1) is 23.4. The SMILES string of the molecule is CC(=O)CC(Cc1cc(OCCc2ccc3c(n2)NCCC3)n(C)n1)c1ccc(Br)c(F)c1. The average molecular weight is 515 g/mol. The summed E-state index contributed by atoms with van der Waals surface area (Å²) in [4.78, 5) is 16.6. The van der Waals surface area contributed by atoms with E-state index in [4.69, 9.17) is 9.72 Å². The lowest BCUT2D eigenvalue weighted by molar-refractivity contribution is -0.117. The number of aromatic nitrogens is 3. The van der Waals surface area contributed by atoms with Crippen molar-refractivity contribution in [2.24, 2.45) is 7.05 Å². The molecule has 0 amide bonds. The number of carbonyl (C=O) groups is 1. The molecule has 0 bridgehead atoms. The largest absolute Gasteiger partial charge is 0.477 e. The van der Waals surface area contributed by atoms with E-state index in [1.807, 2.05) is 19.2 Å². The highest BCUT2D eigenvalue weighted by atomic mass is 79.9. The summed E-state index contributed by atoms with van der Waals surface area (Å²) < 4.78 is 22.2. The summed E-state index contributed by atoms with van der Waals surface area (Å²) in [5.41, 5.74) is 3.85. The van der Waals surface area contributed by atoms with E-state index in [-0.39, 0.29) is 17.5 Å². The zero-order valence-corrected chi connectivity index (χ0v) is 20.5. The van der Waals surface area contributed by atoms with Gasteiger partial charge in [-0.15, -0.1) is 0 Å². The van der Waals surface area contributed by atoms with Crippen LogP contribution in [0.3, 0.4) is 0 Å². The zero-order chi connectivity index (χ0) is 23.4. The Morgan fingerprint density at radius 2 is 2.12 bits per heavy atom. The maximum absolute atomic E-state index is 14.1. The highest BCUT2D eigenvalue weighted by molar-refractivity contribution is 9.10. The molecule has 1 aliphatic rings. The molecule has 1 N–H and O–H groups in total. The molecule has 8 heteroatoms. The van der Waals surface area contributed by atoms with Gasteiger partial charge in [0.15, 0.2) is 0 Å². The Bertz CT molecular complexity index is 1150. The molecular formula is C25H28BrFN4O2. The number of pyridine rings is 1. The topological polar surface area (TPSA) is 69.0 Å². The third-order valence-corrected chi connectivity index (χ3v) is 6.50. The van der Waals surface area contributed by atoms with Gasteiger partial charge < -0.3 is 14.8 Å². The number of ketones is 1. The Morgan fingerprint density at radius 3 is 2.91 bits per heavy atom. The van der Waals surface area contributed by atoms with Gasteiger partial charge in [-0.2, -0.15) is 5.10 Å². The van der Waals surface area contributed by atoms with Crippen LogP contribution < -0.4 is 10.1 Å². The maximum Gasteiger partial charge on any atom is 0.211 e. The summed E-state index contributed by atoms with van der Waals surface area (Å²) >= 11 is 3.19. The highest BCUT2D eigenvalue weighted by Gasteiger charge is 2.19. The van der Waals surface area contributed by atoms with Gasteiger partial charge >= 0.3 is 0 Å². The summed E-state index contributed by atoms with van der Waals surface area (Å²) in [5, 5.41) is 7.92. The minimum absolute atomic E-state index is 0.0581. The van der Waals surface area contributed by atoms with Crippen LogP contribution >= 0.6 is 15.9 Å². The highest BCUT2D eigenvalue weighted by Crippen LogP contribution is 2.29. The van der Waals surface area contributed by atoms with Crippen molar-refractivity contribution >= 4 is 27.5 Å². The van der Waals surface area contributed by atoms with Crippen molar-refractivity contribution in [1.82, 2.24) is 14.8 Å². The number of ether oxygens (including phenoxy) is 1. The van der Waals surface area contributed by atoms with E-state index in [1.165, 1.54) is 11.6 Å². The molecule has 174 valence electrons. The van der Waals surface area contributed by atoms with E-state index in [0.29, 0.717) is 36.2 Å². The molecule has 0 saturated carbocycles. The fourth-order valence-corrected chi connectivity index (χ4v) is 4.43. The molecule has 1 unspecified atom stereocenters. The fourth-order valence-electron chi connectivity index (χ4n) is 4.18. The van der Waals surface area contributed by atoms with Crippen molar-refractivity contribution in [3.8, 4) is 5.88 Å². The summed E-state index contributed by atoms with van der Waals surface area (Å²) in [7, 11) is 1.83. The van der Waals surface area contributed by atoms with Gasteiger partial charge in [-0.05, 0) is 77.4 Å². The van der Waals surface area contributed by atoms with Crippen molar-refractivity contribution < 1.29 is 13.9 Å². The lowest BCUT2D eigenvalue weighted by atomic mass is 9.90. The second kappa shape index (κ2) is 10.5. The van der Waals surface area contributed by atoms with Crippen LogP contribution in [-0.4, -0.2) is 33.7 Å². The first-order valence-corrected chi connectivity index (χ1v) is 12.0. The number of hydrogen-bond donors (Lipinski definition) is 1. The molecule has 33 heavy (non-hydrogen) atoms. The maximum atomic E-state index is 14.1. The molecule has 3 aromatic rings. The monoisotopic (exact) mass is 514 g/mol. The van der Waals surface area contributed by atoms with E-state index >= 15 is 0 Å². The smallest absolute Gasteiger partial charge is 0.211 e. The second-order valence-corrected chi connectivity index (χ2v) is 9.37. The summed E-state index contributed by atoms with van der Waals surface area (Å²) in [6.45, 7) is 3.01. The number of benzene rings is 1.